The van der Waals surface area contributed by atoms with Crippen molar-refractivity contribution in [3.05, 3.63) is 48.0 Å². The van der Waals surface area contributed by atoms with Gasteiger partial charge in [0.2, 0.25) is 17.7 Å². The molecule has 3 amide bonds. The van der Waals surface area contributed by atoms with Crippen LogP contribution in [0.25, 0.3) is 10.8 Å². The summed E-state index contributed by atoms with van der Waals surface area (Å²) in [4.78, 5) is 52.9. The monoisotopic (exact) mass is 537 g/mol. The molecule has 8 heteroatoms. The van der Waals surface area contributed by atoms with Crippen LogP contribution in [0.15, 0.2) is 42.5 Å². The van der Waals surface area contributed by atoms with Crippen molar-refractivity contribution in [3.63, 3.8) is 0 Å². The van der Waals surface area contributed by atoms with Gasteiger partial charge >= 0.3 is 5.97 Å². The van der Waals surface area contributed by atoms with Gasteiger partial charge in [0.15, 0.2) is 0 Å². The van der Waals surface area contributed by atoms with Crippen LogP contribution in [0.3, 0.4) is 0 Å². The quantitative estimate of drug-likeness (QED) is 0.440. The summed E-state index contributed by atoms with van der Waals surface area (Å²) in [5.74, 6) is -1.80. The number of rotatable bonds is 8. The molecule has 1 fully saturated rings. The van der Waals surface area contributed by atoms with Crippen molar-refractivity contribution in [2.45, 2.75) is 97.4 Å². The van der Waals surface area contributed by atoms with Gasteiger partial charge in [0.25, 0.3) is 0 Å². The number of unbranched alkanes of at least 4 members (excludes halogenated alkanes) is 1. The first-order chi connectivity index (χ1) is 18.6. The molecule has 0 unspecified atom stereocenters. The minimum Gasteiger partial charge on any atom is -0.460 e. The molecule has 1 heterocycles. The summed E-state index contributed by atoms with van der Waals surface area (Å²) in [6, 6.07) is 11.2. The number of amides is 3. The summed E-state index contributed by atoms with van der Waals surface area (Å²) in [5, 5.41) is 10.5. The second kappa shape index (κ2) is 14.1. The van der Waals surface area contributed by atoms with Crippen molar-refractivity contribution >= 4 is 34.5 Å². The Bertz CT molecular complexity index is 1160. The third kappa shape index (κ3) is 8.80. The molecule has 0 aromatic heterocycles. The van der Waals surface area contributed by atoms with Crippen molar-refractivity contribution < 1.29 is 23.9 Å². The highest BCUT2D eigenvalue weighted by molar-refractivity contribution is 5.94. The minimum absolute atomic E-state index is 0.0595. The van der Waals surface area contributed by atoms with E-state index in [4.69, 9.17) is 4.74 Å². The first-order valence-corrected chi connectivity index (χ1v) is 14.2. The summed E-state index contributed by atoms with van der Waals surface area (Å²) in [6.45, 7) is 9.53. The fourth-order valence-electron chi connectivity index (χ4n) is 4.91. The second-order valence-corrected chi connectivity index (χ2v) is 11.2. The molecule has 1 aliphatic rings. The molecule has 212 valence electrons. The van der Waals surface area contributed by atoms with Gasteiger partial charge in [0.1, 0.15) is 24.2 Å². The first-order valence-electron chi connectivity index (χ1n) is 14.2. The lowest BCUT2D eigenvalue weighted by Crippen LogP contribution is -2.55. The summed E-state index contributed by atoms with van der Waals surface area (Å²) < 4.78 is 5.90. The Kier molecular flexibility index (Phi) is 10.9. The molecule has 0 aliphatic carbocycles. The van der Waals surface area contributed by atoms with Crippen molar-refractivity contribution in [1.29, 1.82) is 0 Å². The van der Waals surface area contributed by atoms with E-state index in [9.17, 15) is 19.2 Å². The number of cyclic esters (lactones) is 1. The molecule has 0 saturated carbocycles. The van der Waals surface area contributed by atoms with Crippen molar-refractivity contribution in [2.75, 3.05) is 0 Å². The number of nitrogens with one attached hydrogen (secondary N) is 3. The molecule has 1 saturated heterocycles. The predicted octanol–water partition coefficient (Wildman–Crippen LogP) is 4.04. The Labute approximate surface area is 231 Å². The zero-order chi connectivity index (χ0) is 28.5. The van der Waals surface area contributed by atoms with Crippen LogP contribution >= 0.6 is 0 Å². The molecular weight excluding hydrogens is 494 g/mol. The minimum atomic E-state index is -0.906. The third-order valence-electron chi connectivity index (χ3n) is 7.27. The van der Waals surface area contributed by atoms with Crippen LogP contribution in [0.1, 0.15) is 72.3 Å². The molecule has 8 nitrogen and oxygen atoms in total. The maximum atomic E-state index is 13.4. The van der Waals surface area contributed by atoms with E-state index >= 15 is 0 Å². The normalized spacial score (nSPS) is 24.1. The zero-order valence-electron chi connectivity index (χ0n) is 23.8. The maximum Gasteiger partial charge on any atom is 0.328 e. The van der Waals surface area contributed by atoms with Gasteiger partial charge in [-0.15, -0.1) is 0 Å². The average Bonchev–Trinajstić information content (AvgIpc) is 2.89. The van der Waals surface area contributed by atoms with Crippen LogP contribution < -0.4 is 16.0 Å². The highest BCUT2D eigenvalue weighted by atomic mass is 16.5. The maximum absolute atomic E-state index is 13.4. The van der Waals surface area contributed by atoms with E-state index in [1.165, 1.54) is 0 Å². The Balaban J connectivity index is 1.90. The molecule has 3 N–H and O–H groups in total. The Morgan fingerprint density at radius 1 is 0.897 bits per heavy atom. The molecule has 1 aliphatic heterocycles. The first kappa shape index (κ1) is 30.1. The molecule has 5 atom stereocenters. The smallest absolute Gasteiger partial charge is 0.328 e. The van der Waals surface area contributed by atoms with Crippen molar-refractivity contribution in [2.24, 2.45) is 11.8 Å². The van der Waals surface area contributed by atoms with Gasteiger partial charge in [-0.1, -0.05) is 83.0 Å². The van der Waals surface area contributed by atoms with Gasteiger partial charge in [0.05, 0.1) is 6.42 Å². The highest BCUT2D eigenvalue weighted by Crippen LogP contribution is 2.21. The number of benzene rings is 2. The van der Waals surface area contributed by atoms with E-state index < -0.39 is 42.0 Å². The van der Waals surface area contributed by atoms with Crippen LogP contribution in [-0.4, -0.2) is 47.9 Å². The summed E-state index contributed by atoms with van der Waals surface area (Å²) >= 11 is 0. The molecule has 0 radical (unpaired) electrons. The van der Waals surface area contributed by atoms with Crippen LogP contribution in [-0.2, 0) is 30.3 Å². The lowest BCUT2D eigenvalue weighted by molar-refractivity contribution is -0.157. The number of ether oxygens (including phenoxy) is 1. The number of carbonyl (C=O) groups is 4. The summed E-state index contributed by atoms with van der Waals surface area (Å²) in [5.41, 5.74) is 0.881. The topological polar surface area (TPSA) is 114 Å². The highest BCUT2D eigenvalue weighted by Gasteiger charge is 2.33. The molecule has 2 aromatic rings. The molecule has 3 rings (SSSR count). The third-order valence-corrected chi connectivity index (χ3v) is 7.27. The van der Waals surface area contributed by atoms with E-state index in [-0.39, 0.29) is 30.6 Å². The number of esters is 1. The average molecular weight is 538 g/mol. The fraction of sp³-hybridized carbons (Fsp3) is 0.548. The van der Waals surface area contributed by atoms with Gasteiger partial charge < -0.3 is 20.7 Å². The summed E-state index contributed by atoms with van der Waals surface area (Å²) in [6.07, 6.45) is 2.62. The molecule has 0 spiro atoms. The second-order valence-electron chi connectivity index (χ2n) is 11.2. The van der Waals surface area contributed by atoms with Gasteiger partial charge in [-0.2, -0.15) is 0 Å². The lowest BCUT2D eigenvalue weighted by atomic mass is 9.94. The fourth-order valence-corrected chi connectivity index (χ4v) is 4.91. The van der Waals surface area contributed by atoms with Gasteiger partial charge in [-0.3, -0.25) is 14.4 Å². The number of carbonyl (C=O) groups excluding carboxylic acids is 4. The molecule has 39 heavy (non-hydrogen) atoms. The van der Waals surface area contributed by atoms with Crippen molar-refractivity contribution in [1.82, 2.24) is 16.0 Å². The number of hydrogen-bond donors (Lipinski definition) is 3. The largest absolute Gasteiger partial charge is 0.460 e. The van der Waals surface area contributed by atoms with Crippen LogP contribution in [0.2, 0.25) is 0 Å². The lowest BCUT2D eigenvalue weighted by Gasteiger charge is -2.27. The van der Waals surface area contributed by atoms with E-state index in [2.05, 4.69) is 22.9 Å². The van der Waals surface area contributed by atoms with Crippen LogP contribution in [0.5, 0.6) is 0 Å². The summed E-state index contributed by atoms with van der Waals surface area (Å²) in [7, 11) is 0. The Hall–Kier alpha value is -3.42. The number of fused-ring (bicyclic) bond motifs is 1. The van der Waals surface area contributed by atoms with Crippen LogP contribution in [0.4, 0.5) is 0 Å². The van der Waals surface area contributed by atoms with E-state index in [1.54, 1.807) is 6.92 Å². The van der Waals surface area contributed by atoms with E-state index in [1.807, 2.05) is 63.2 Å². The number of hydrogen-bond acceptors (Lipinski definition) is 5. The van der Waals surface area contributed by atoms with E-state index in [0.29, 0.717) is 6.42 Å². The van der Waals surface area contributed by atoms with Gasteiger partial charge in [-0.05, 0) is 47.9 Å². The predicted molar refractivity (Wildman–Crippen MR) is 152 cm³/mol. The zero-order valence-corrected chi connectivity index (χ0v) is 23.8. The molecule has 0 bridgehead atoms. The molecule has 2 aromatic carbocycles. The van der Waals surface area contributed by atoms with Gasteiger partial charge in [-0.25, -0.2) is 4.79 Å². The SMILES string of the molecule is CCCC[C@H](C)[C@@H]1CC(=O)N[C@H](Cc2ccc3ccccc3c2)C(=O)N[C@@H](C)C(=O)N[C@H](CC(C)C)C(=O)O1. The molecular formula is C31H43N3O5. The van der Waals surface area contributed by atoms with Gasteiger partial charge in [0, 0.05) is 6.42 Å². The Morgan fingerprint density at radius 2 is 1.62 bits per heavy atom. The standard InChI is InChI=1S/C31H43N3O5/c1-6-7-10-20(4)27-18-28(35)33-25(17-22-13-14-23-11-8-9-12-24(23)16-22)30(37)32-21(5)29(36)34-26(15-19(2)3)31(38)39-27/h8-9,11-14,16,19-21,25-27H,6-7,10,15,17-18H2,1-5H3,(H,32,37)(H,33,35)(H,34,36)/t20-,21-,25+,26+,27-/m0/s1. The Morgan fingerprint density at radius 3 is 2.31 bits per heavy atom. The van der Waals surface area contributed by atoms with Crippen molar-refractivity contribution in [3.8, 4) is 0 Å². The van der Waals surface area contributed by atoms with E-state index in [0.717, 1.165) is 35.6 Å². The van der Waals surface area contributed by atoms with Crippen LogP contribution in [0, 0.1) is 11.8 Å².